The summed E-state index contributed by atoms with van der Waals surface area (Å²) in [5.74, 6) is 0.831. The maximum Gasteiger partial charge on any atom is 0.407 e. The predicted octanol–water partition coefficient (Wildman–Crippen LogP) is 2.15. The van der Waals surface area contributed by atoms with Gasteiger partial charge < -0.3 is 15.4 Å². The number of aromatic nitrogens is 3. The minimum Gasteiger partial charge on any atom is -0.446 e. The lowest BCUT2D eigenvalue weighted by Crippen LogP contribution is -2.33. The van der Waals surface area contributed by atoms with Crippen molar-refractivity contribution in [1.29, 1.82) is 0 Å². The average Bonchev–Trinajstić information content (AvgIpc) is 3.31. The first kappa shape index (κ1) is 20.6. The van der Waals surface area contributed by atoms with E-state index in [0.717, 1.165) is 25.0 Å². The first-order valence-electron chi connectivity index (χ1n) is 10.1. The van der Waals surface area contributed by atoms with Gasteiger partial charge in [-0.25, -0.2) is 22.9 Å². The fraction of sp³-hybridized carbons (Fsp3) is 0.526. The topological polar surface area (TPSA) is 138 Å². The second-order valence-electron chi connectivity index (χ2n) is 7.96. The molecule has 4 N–H and O–H groups in total. The Bertz CT molecular complexity index is 1040. The van der Waals surface area contributed by atoms with Gasteiger partial charge in [-0.1, -0.05) is 0 Å². The maximum absolute atomic E-state index is 12.2. The van der Waals surface area contributed by atoms with E-state index in [1.165, 1.54) is 6.20 Å². The molecule has 10 nitrogen and oxygen atoms in total. The number of carbonyl (C=O) groups is 1. The largest absolute Gasteiger partial charge is 0.446 e. The maximum atomic E-state index is 12.2. The van der Waals surface area contributed by atoms with Crippen LogP contribution in [0.15, 0.2) is 23.4 Å². The number of hydrogen-bond donors (Lipinski definition) is 4. The number of carbonyl (C=O) groups excluding carboxylic acids is 1. The van der Waals surface area contributed by atoms with Gasteiger partial charge in [-0.3, -0.25) is 5.10 Å². The number of hydrogen-bond acceptors (Lipinski definition) is 7. The highest BCUT2D eigenvalue weighted by atomic mass is 32.2. The second kappa shape index (κ2) is 8.23. The molecular weight excluding hydrogens is 408 g/mol. The van der Waals surface area contributed by atoms with E-state index in [1.807, 2.05) is 19.9 Å². The molecule has 0 saturated heterocycles. The number of nitrogens with zero attached hydrogens (tertiary/aromatic N) is 2. The monoisotopic (exact) mass is 434 g/mol. The highest BCUT2D eigenvalue weighted by Gasteiger charge is 2.30. The van der Waals surface area contributed by atoms with Gasteiger partial charge in [0.05, 0.1) is 0 Å². The van der Waals surface area contributed by atoms with Crippen molar-refractivity contribution in [1.82, 2.24) is 25.2 Å². The Hall–Kier alpha value is -2.66. The Labute approximate surface area is 175 Å². The zero-order valence-corrected chi connectivity index (χ0v) is 17.8. The molecule has 0 bridgehead atoms. The van der Waals surface area contributed by atoms with Crippen LogP contribution >= 0.6 is 0 Å². The van der Waals surface area contributed by atoms with Crippen LogP contribution in [0.4, 0.5) is 16.3 Å². The zero-order chi connectivity index (χ0) is 21.3. The number of sulfonamides is 1. The first-order valence-corrected chi connectivity index (χ1v) is 11.6. The number of anilines is 2. The van der Waals surface area contributed by atoms with Gasteiger partial charge in [-0.05, 0) is 45.6 Å². The minimum absolute atomic E-state index is 0.0423. The van der Waals surface area contributed by atoms with Crippen LogP contribution in [-0.4, -0.2) is 48.4 Å². The number of aromatic amines is 1. The van der Waals surface area contributed by atoms with Crippen molar-refractivity contribution in [3.05, 3.63) is 29.6 Å². The van der Waals surface area contributed by atoms with Crippen molar-refractivity contribution in [2.45, 2.75) is 62.6 Å². The highest BCUT2D eigenvalue weighted by molar-refractivity contribution is 7.89. The summed E-state index contributed by atoms with van der Waals surface area (Å²) in [6.07, 6.45) is 3.98. The molecule has 0 radical (unpaired) electrons. The van der Waals surface area contributed by atoms with Crippen molar-refractivity contribution in [2.75, 3.05) is 11.9 Å². The van der Waals surface area contributed by atoms with Crippen molar-refractivity contribution >= 4 is 27.6 Å². The van der Waals surface area contributed by atoms with Crippen LogP contribution in [0, 0.1) is 0 Å². The summed E-state index contributed by atoms with van der Waals surface area (Å²) < 4.78 is 32.3. The smallest absolute Gasteiger partial charge is 0.407 e. The van der Waals surface area contributed by atoms with Crippen LogP contribution < -0.4 is 15.4 Å². The quantitative estimate of drug-likeness (QED) is 0.566. The number of H-pyrrole nitrogens is 1. The van der Waals surface area contributed by atoms with Gasteiger partial charge in [0.1, 0.15) is 6.10 Å². The molecule has 1 fully saturated rings. The molecule has 1 aliphatic heterocycles. The lowest BCUT2D eigenvalue weighted by molar-refractivity contribution is 0.0981. The molecule has 11 heteroatoms. The van der Waals surface area contributed by atoms with Gasteiger partial charge in [0.2, 0.25) is 0 Å². The molecule has 3 heterocycles. The number of nitrogens with one attached hydrogen (secondary N) is 4. The standard InChI is InChI=1S/C19H26N6O4S/c1-11(2)22-19(26)29-13-4-3-12(9-13)16-10-17(25-24-16)23-15-6-7-20-18-14(15)5-8-21-30(18,27)28/h6-7,10-13,21H,3-5,8-9H2,1-2H3,(H,22,26)(H2,20,23,24,25)/t12-,13+/m0/s1. The number of fused-ring (bicyclic) bond motifs is 1. The molecule has 0 aromatic carbocycles. The van der Waals surface area contributed by atoms with Crippen LogP contribution in [-0.2, 0) is 21.2 Å². The number of rotatable bonds is 5. The average molecular weight is 435 g/mol. The lowest BCUT2D eigenvalue weighted by atomic mass is 10.0. The summed E-state index contributed by atoms with van der Waals surface area (Å²) in [4.78, 5) is 15.8. The van der Waals surface area contributed by atoms with E-state index in [-0.39, 0.29) is 29.2 Å². The highest BCUT2D eigenvalue weighted by Crippen LogP contribution is 2.36. The third-order valence-corrected chi connectivity index (χ3v) is 6.75. The van der Waals surface area contributed by atoms with Crippen LogP contribution in [0.3, 0.4) is 0 Å². The van der Waals surface area contributed by atoms with E-state index in [2.05, 4.69) is 30.5 Å². The fourth-order valence-corrected chi connectivity index (χ4v) is 5.18. The Kier molecular flexibility index (Phi) is 5.65. The second-order valence-corrected chi connectivity index (χ2v) is 9.64. The Morgan fingerprint density at radius 3 is 2.97 bits per heavy atom. The molecule has 1 aliphatic carbocycles. The molecule has 1 saturated carbocycles. The van der Waals surface area contributed by atoms with Gasteiger partial charge in [0, 0.05) is 47.7 Å². The molecule has 2 aliphatic rings. The molecule has 30 heavy (non-hydrogen) atoms. The van der Waals surface area contributed by atoms with Gasteiger partial charge >= 0.3 is 6.09 Å². The third kappa shape index (κ3) is 4.41. The normalized spacial score (nSPS) is 22.5. The summed E-state index contributed by atoms with van der Waals surface area (Å²) in [7, 11) is -3.56. The van der Waals surface area contributed by atoms with Crippen LogP contribution in [0.5, 0.6) is 0 Å². The minimum atomic E-state index is -3.56. The molecule has 0 spiro atoms. The van der Waals surface area contributed by atoms with E-state index >= 15 is 0 Å². The van der Waals surface area contributed by atoms with Crippen molar-refractivity contribution < 1.29 is 17.9 Å². The summed E-state index contributed by atoms with van der Waals surface area (Å²) in [6.45, 7) is 4.13. The van der Waals surface area contributed by atoms with Crippen LogP contribution in [0.1, 0.15) is 50.3 Å². The van der Waals surface area contributed by atoms with Gasteiger partial charge in [-0.2, -0.15) is 5.10 Å². The van der Waals surface area contributed by atoms with E-state index < -0.39 is 10.0 Å². The number of alkyl carbamates (subject to hydrolysis) is 1. The van der Waals surface area contributed by atoms with E-state index in [1.54, 1.807) is 6.07 Å². The van der Waals surface area contributed by atoms with Crippen molar-refractivity contribution in [3.8, 4) is 0 Å². The molecular formula is C19H26N6O4S. The molecule has 0 unspecified atom stereocenters. The van der Waals surface area contributed by atoms with Crippen molar-refractivity contribution in [2.24, 2.45) is 0 Å². The molecule has 162 valence electrons. The Morgan fingerprint density at radius 2 is 2.17 bits per heavy atom. The number of amides is 1. The van der Waals surface area contributed by atoms with Crippen LogP contribution in [0.25, 0.3) is 0 Å². The SMILES string of the molecule is CC(C)NC(=O)O[C@@H]1CC[C@H](c2cc(Nc3ccnc4c3CCNS4(=O)=O)n[nH]2)C1. The fourth-order valence-electron chi connectivity index (χ4n) is 3.94. The Balaban J connectivity index is 1.42. The third-order valence-electron chi connectivity index (χ3n) is 5.30. The van der Waals surface area contributed by atoms with Crippen LogP contribution in [0.2, 0.25) is 0 Å². The molecule has 1 amide bonds. The number of pyridine rings is 1. The van der Waals surface area contributed by atoms with Gasteiger partial charge in [-0.15, -0.1) is 0 Å². The lowest BCUT2D eigenvalue weighted by Gasteiger charge is -2.19. The molecule has 2 atom stereocenters. The first-order chi connectivity index (χ1) is 14.3. The predicted molar refractivity (Wildman–Crippen MR) is 110 cm³/mol. The van der Waals surface area contributed by atoms with Crippen molar-refractivity contribution in [3.63, 3.8) is 0 Å². The zero-order valence-electron chi connectivity index (χ0n) is 16.9. The van der Waals surface area contributed by atoms with E-state index in [4.69, 9.17) is 4.74 Å². The van der Waals surface area contributed by atoms with E-state index in [0.29, 0.717) is 30.0 Å². The number of ether oxygens (including phenoxy) is 1. The summed E-state index contributed by atoms with van der Waals surface area (Å²) >= 11 is 0. The summed E-state index contributed by atoms with van der Waals surface area (Å²) in [5.41, 5.74) is 2.30. The Morgan fingerprint density at radius 1 is 1.33 bits per heavy atom. The summed E-state index contributed by atoms with van der Waals surface area (Å²) in [5, 5.41) is 13.4. The molecule has 2 aromatic heterocycles. The van der Waals surface area contributed by atoms with Gasteiger partial charge in [0.15, 0.2) is 10.8 Å². The van der Waals surface area contributed by atoms with E-state index in [9.17, 15) is 13.2 Å². The summed E-state index contributed by atoms with van der Waals surface area (Å²) in [6, 6.07) is 3.71. The van der Waals surface area contributed by atoms with Gasteiger partial charge in [0.25, 0.3) is 10.0 Å². The molecule has 4 rings (SSSR count). The molecule has 2 aromatic rings.